The van der Waals surface area contributed by atoms with Crippen molar-refractivity contribution in [1.29, 1.82) is 0 Å². The largest absolute Gasteiger partial charge is 0.573 e. The molecular formula is C24H30F3N3O4S. The van der Waals surface area contributed by atoms with Crippen molar-refractivity contribution in [3.05, 3.63) is 35.5 Å². The first kappa shape index (κ1) is 25.5. The maximum absolute atomic E-state index is 13.2. The molecule has 1 N–H and O–H groups in total. The van der Waals surface area contributed by atoms with Crippen LogP contribution in [0.5, 0.6) is 5.75 Å². The van der Waals surface area contributed by atoms with Crippen LogP contribution in [0.15, 0.2) is 24.3 Å². The number of benzene rings is 1. The van der Waals surface area contributed by atoms with Crippen LogP contribution in [0.4, 0.5) is 13.2 Å². The Kier molecular flexibility index (Phi) is 6.67. The van der Waals surface area contributed by atoms with Crippen molar-refractivity contribution in [3.8, 4) is 17.0 Å². The monoisotopic (exact) mass is 513 g/mol. The summed E-state index contributed by atoms with van der Waals surface area (Å²) < 4.78 is 67.6. The summed E-state index contributed by atoms with van der Waals surface area (Å²) in [5.41, 5.74) is 2.41. The van der Waals surface area contributed by atoms with Gasteiger partial charge in [0, 0.05) is 40.7 Å². The van der Waals surface area contributed by atoms with Gasteiger partial charge in [-0.05, 0) is 58.6 Å². The van der Waals surface area contributed by atoms with E-state index in [1.54, 1.807) is 6.07 Å². The quantitative estimate of drug-likeness (QED) is 0.647. The summed E-state index contributed by atoms with van der Waals surface area (Å²) in [6, 6.07) is 5.78. The first-order chi connectivity index (χ1) is 16.3. The maximum atomic E-state index is 13.2. The molecule has 2 aromatic rings. The van der Waals surface area contributed by atoms with Gasteiger partial charge in [0.2, 0.25) is 5.91 Å². The molecule has 35 heavy (non-hydrogen) atoms. The molecule has 0 saturated carbocycles. The highest BCUT2D eigenvalue weighted by Gasteiger charge is 2.38. The molecule has 1 aromatic carbocycles. The summed E-state index contributed by atoms with van der Waals surface area (Å²) in [6.07, 6.45) is -2.41. The summed E-state index contributed by atoms with van der Waals surface area (Å²) in [5.74, 6) is -0.562. The van der Waals surface area contributed by atoms with E-state index in [1.165, 1.54) is 18.2 Å². The summed E-state index contributed by atoms with van der Waals surface area (Å²) in [4.78, 5) is 13.2. The number of nitrogens with zero attached hydrogens (tertiary/aromatic N) is 2. The molecule has 4 rings (SSSR count). The first-order valence-corrected chi connectivity index (χ1v) is 13.6. The highest BCUT2D eigenvalue weighted by Crippen LogP contribution is 2.37. The van der Waals surface area contributed by atoms with Gasteiger partial charge in [0.1, 0.15) is 15.6 Å². The first-order valence-electron chi connectivity index (χ1n) is 11.7. The van der Waals surface area contributed by atoms with Gasteiger partial charge in [-0.3, -0.25) is 9.48 Å². The second-order valence-electron chi connectivity index (χ2n) is 10.0. The third-order valence-electron chi connectivity index (χ3n) is 6.86. The molecule has 1 aliphatic heterocycles. The topological polar surface area (TPSA) is 90.3 Å². The molecule has 11 heteroatoms. The number of aromatic nitrogens is 2. The number of carbonyl (C=O) groups is 1. The van der Waals surface area contributed by atoms with Crippen molar-refractivity contribution >= 4 is 15.7 Å². The van der Waals surface area contributed by atoms with Gasteiger partial charge in [-0.1, -0.05) is 12.1 Å². The van der Waals surface area contributed by atoms with Crippen molar-refractivity contribution in [2.24, 2.45) is 5.92 Å². The maximum Gasteiger partial charge on any atom is 0.573 e. The van der Waals surface area contributed by atoms with Crippen molar-refractivity contribution in [1.82, 2.24) is 15.1 Å². The zero-order valence-electron chi connectivity index (χ0n) is 20.0. The van der Waals surface area contributed by atoms with Crippen LogP contribution in [-0.2, 0) is 27.5 Å². The van der Waals surface area contributed by atoms with E-state index in [9.17, 15) is 26.4 Å². The molecule has 7 nitrogen and oxygen atoms in total. The zero-order chi connectivity index (χ0) is 25.6. The predicted molar refractivity (Wildman–Crippen MR) is 125 cm³/mol. The molecule has 2 heterocycles. The smallest absolute Gasteiger partial charge is 0.406 e. The SMILES string of the molecule is CC(C)n1nc(-c2cccc(OC(F)(F)F)c2)c2c1CC(C(=O)NC1(C)CCS(=O)(=O)CC1)CC2. The van der Waals surface area contributed by atoms with Crippen LogP contribution < -0.4 is 10.1 Å². The Hall–Kier alpha value is -2.56. The van der Waals surface area contributed by atoms with E-state index in [1.807, 2.05) is 25.5 Å². The van der Waals surface area contributed by atoms with Crippen molar-refractivity contribution < 1.29 is 31.1 Å². The lowest BCUT2D eigenvalue weighted by Gasteiger charge is -2.36. The van der Waals surface area contributed by atoms with Gasteiger partial charge in [-0.25, -0.2) is 8.42 Å². The van der Waals surface area contributed by atoms with E-state index in [4.69, 9.17) is 5.10 Å². The Morgan fingerprint density at radius 1 is 1.26 bits per heavy atom. The number of alkyl halides is 3. The molecule has 1 atom stereocenters. The Labute approximate surface area is 203 Å². The lowest BCUT2D eigenvalue weighted by Crippen LogP contribution is -2.53. The highest BCUT2D eigenvalue weighted by molar-refractivity contribution is 7.91. The summed E-state index contributed by atoms with van der Waals surface area (Å²) >= 11 is 0. The normalized spacial score (nSPS) is 21.4. The van der Waals surface area contributed by atoms with E-state index < -0.39 is 21.7 Å². The molecule has 1 saturated heterocycles. The van der Waals surface area contributed by atoms with Crippen LogP contribution >= 0.6 is 0 Å². The average molecular weight is 514 g/mol. The predicted octanol–water partition coefficient (Wildman–Crippen LogP) is 4.22. The fourth-order valence-corrected chi connectivity index (χ4v) is 6.60. The minimum absolute atomic E-state index is 0.00464. The molecule has 0 bridgehead atoms. The minimum atomic E-state index is -4.78. The number of halogens is 3. The van der Waals surface area contributed by atoms with Gasteiger partial charge in [0.05, 0.1) is 17.2 Å². The Bertz CT molecular complexity index is 1210. The molecule has 1 unspecified atom stereocenters. The van der Waals surface area contributed by atoms with E-state index in [-0.39, 0.29) is 35.1 Å². The van der Waals surface area contributed by atoms with E-state index in [2.05, 4.69) is 10.1 Å². The summed E-state index contributed by atoms with van der Waals surface area (Å²) in [7, 11) is -3.04. The highest BCUT2D eigenvalue weighted by atomic mass is 32.2. The van der Waals surface area contributed by atoms with Crippen molar-refractivity contribution in [3.63, 3.8) is 0 Å². The van der Waals surface area contributed by atoms with Crippen molar-refractivity contribution in [2.75, 3.05) is 11.5 Å². The molecule has 1 amide bonds. The average Bonchev–Trinajstić information content (AvgIpc) is 3.14. The van der Waals surface area contributed by atoms with Crippen LogP contribution in [0.3, 0.4) is 0 Å². The van der Waals surface area contributed by atoms with Gasteiger partial charge in [-0.15, -0.1) is 13.2 Å². The molecule has 1 aliphatic carbocycles. The Morgan fingerprint density at radius 3 is 2.57 bits per heavy atom. The fraction of sp³-hybridized carbons (Fsp3) is 0.583. The number of fused-ring (bicyclic) bond motifs is 1. The minimum Gasteiger partial charge on any atom is -0.406 e. The number of sulfone groups is 1. The van der Waals surface area contributed by atoms with E-state index in [0.717, 1.165) is 11.3 Å². The zero-order valence-corrected chi connectivity index (χ0v) is 20.8. The molecule has 192 valence electrons. The van der Waals surface area contributed by atoms with Gasteiger partial charge < -0.3 is 10.1 Å². The van der Waals surface area contributed by atoms with Crippen LogP contribution in [0, 0.1) is 5.92 Å². The number of rotatable bonds is 5. The third kappa shape index (κ3) is 5.82. The second-order valence-corrected chi connectivity index (χ2v) is 12.3. The van der Waals surface area contributed by atoms with Crippen LogP contribution in [0.25, 0.3) is 11.3 Å². The third-order valence-corrected chi connectivity index (χ3v) is 8.51. The molecule has 0 radical (unpaired) electrons. The van der Waals surface area contributed by atoms with Gasteiger partial charge in [-0.2, -0.15) is 5.10 Å². The number of hydrogen-bond acceptors (Lipinski definition) is 5. The molecule has 1 fully saturated rings. The lowest BCUT2D eigenvalue weighted by molar-refractivity contribution is -0.274. The summed E-state index contributed by atoms with van der Waals surface area (Å²) in [6.45, 7) is 5.82. The van der Waals surface area contributed by atoms with Crippen molar-refractivity contribution in [2.45, 2.75) is 70.8 Å². The van der Waals surface area contributed by atoms with Crippen LogP contribution in [0.1, 0.15) is 57.3 Å². The fourth-order valence-electron chi connectivity index (χ4n) is 4.87. The molecule has 0 spiro atoms. The standard InChI is InChI=1S/C24H30F3N3O4S/c1-15(2)30-20-14-17(22(31)28-23(3)9-11-35(32,33)12-10-23)7-8-19(20)21(29-30)16-5-4-6-18(13-16)34-24(25,26)27/h4-6,13,15,17H,7-12,14H2,1-3H3,(H,28,31). The Morgan fingerprint density at radius 2 is 1.94 bits per heavy atom. The number of hydrogen-bond donors (Lipinski definition) is 1. The van der Waals surface area contributed by atoms with E-state index >= 15 is 0 Å². The van der Waals surface area contributed by atoms with Gasteiger partial charge in [0.15, 0.2) is 0 Å². The molecule has 2 aliphatic rings. The molecular weight excluding hydrogens is 483 g/mol. The number of amides is 1. The second kappa shape index (κ2) is 9.15. The van der Waals surface area contributed by atoms with Crippen LogP contribution in [0.2, 0.25) is 0 Å². The number of ether oxygens (including phenoxy) is 1. The lowest BCUT2D eigenvalue weighted by atomic mass is 9.84. The van der Waals surface area contributed by atoms with Crippen LogP contribution in [-0.4, -0.2) is 47.5 Å². The molecule has 1 aromatic heterocycles. The van der Waals surface area contributed by atoms with E-state index in [0.29, 0.717) is 43.4 Å². The Balaban J connectivity index is 1.57. The number of nitrogens with one attached hydrogen (secondary N) is 1. The number of carbonyl (C=O) groups excluding carboxylic acids is 1. The summed E-state index contributed by atoms with van der Waals surface area (Å²) in [5, 5.41) is 7.81. The van der Waals surface area contributed by atoms with Gasteiger partial charge in [0.25, 0.3) is 0 Å². The van der Waals surface area contributed by atoms with Gasteiger partial charge >= 0.3 is 6.36 Å².